The van der Waals surface area contributed by atoms with E-state index in [4.69, 9.17) is 15.6 Å². The maximum absolute atomic E-state index is 12.0. The van der Waals surface area contributed by atoms with Gasteiger partial charge in [-0.25, -0.2) is 4.79 Å². The average molecular weight is 389 g/mol. The van der Waals surface area contributed by atoms with Gasteiger partial charge in [0, 0.05) is 23.4 Å². The van der Waals surface area contributed by atoms with E-state index in [1.165, 1.54) is 13.0 Å². The minimum atomic E-state index is -0.982. The van der Waals surface area contributed by atoms with Gasteiger partial charge in [-0.05, 0) is 25.5 Å². The Kier molecular flexibility index (Phi) is 6.24. The van der Waals surface area contributed by atoms with Crippen molar-refractivity contribution in [2.24, 2.45) is 5.73 Å². The van der Waals surface area contributed by atoms with Crippen molar-refractivity contribution in [1.82, 2.24) is 9.78 Å². The van der Waals surface area contributed by atoms with E-state index in [0.717, 1.165) is 27.9 Å². The van der Waals surface area contributed by atoms with Gasteiger partial charge >= 0.3 is 5.97 Å². The Balaban J connectivity index is 1.89. The number of aromatic nitrogens is 2. The molecule has 0 bridgehead atoms. The molecule has 2 N–H and O–H groups in total. The van der Waals surface area contributed by atoms with Crippen molar-refractivity contribution in [3.05, 3.63) is 83.6 Å². The molecular weight excluding hydrogens is 366 g/mol. The number of nitrogens with zero attached hydrogens (tertiary/aromatic N) is 2. The largest absolute Gasteiger partial charge is 0.449 e. The SMILES string of the molecule is Cc1ccc(-c2nn(Cc3ccccc3)cc2/C=C/C(=O)O[C@@H](C)C(N)=O)cc1. The summed E-state index contributed by atoms with van der Waals surface area (Å²) in [6, 6.07) is 18.0. The molecule has 1 aromatic heterocycles. The van der Waals surface area contributed by atoms with Gasteiger partial charge < -0.3 is 10.5 Å². The first kappa shape index (κ1) is 20.1. The molecule has 1 amide bonds. The smallest absolute Gasteiger partial charge is 0.331 e. The lowest BCUT2D eigenvalue weighted by atomic mass is 10.1. The number of primary amides is 1. The molecule has 148 valence electrons. The molecule has 0 spiro atoms. The van der Waals surface area contributed by atoms with E-state index in [1.807, 2.05) is 72.4 Å². The molecule has 1 atom stereocenters. The van der Waals surface area contributed by atoms with E-state index in [9.17, 15) is 9.59 Å². The van der Waals surface area contributed by atoms with Crippen LogP contribution in [0.4, 0.5) is 0 Å². The number of carbonyl (C=O) groups is 2. The predicted octanol–water partition coefficient (Wildman–Crippen LogP) is 3.34. The molecule has 0 fully saturated rings. The molecule has 0 saturated heterocycles. The van der Waals surface area contributed by atoms with Gasteiger partial charge in [-0.3, -0.25) is 9.48 Å². The monoisotopic (exact) mass is 389 g/mol. The van der Waals surface area contributed by atoms with Gasteiger partial charge in [-0.2, -0.15) is 5.10 Å². The maximum Gasteiger partial charge on any atom is 0.331 e. The summed E-state index contributed by atoms with van der Waals surface area (Å²) in [6.07, 6.45) is 3.81. The molecule has 0 radical (unpaired) electrons. The normalized spacial score (nSPS) is 12.1. The molecule has 0 aliphatic carbocycles. The second-order valence-corrected chi connectivity index (χ2v) is 6.80. The molecule has 1 heterocycles. The Morgan fingerprint density at radius 3 is 2.48 bits per heavy atom. The highest BCUT2D eigenvalue weighted by molar-refractivity contribution is 5.91. The third-order valence-electron chi connectivity index (χ3n) is 4.39. The van der Waals surface area contributed by atoms with Crippen LogP contribution in [-0.2, 0) is 20.9 Å². The molecule has 6 heteroatoms. The van der Waals surface area contributed by atoms with Crippen LogP contribution in [-0.4, -0.2) is 27.8 Å². The third-order valence-corrected chi connectivity index (χ3v) is 4.39. The summed E-state index contributed by atoms with van der Waals surface area (Å²) in [6.45, 7) is 4.06. The van der Waals surface area contributed by atoms with Gasteiger partial charge in [0.2, 0.25) is 0 Å². The summed E-state index contributed by atoms with van der Waals surface area (Å²) >= 11 is 0. The van der Waals surface area contributed by atoms with Crippen LogP contribution in [0.15, 0.2) is 66.9 Å². The van der Waals surface area contributed by atoms with Crippen molar-refractivity contribution in [3.8, 4) is 11.3 Å². The fourth-order valence-electron chi connectivity index (χ4n) is 2.78. The Labute approximate surface area is 169 Å². The van der Waals surface area contributed by atoms with Crippen LogP contribution < -0.4 is 5.73 Å². The topological polar surface area (TPSA) is 87.2 Å². The highest BCUT2D eigenvalue weighted by Gasteiger charge is 2.14. The van der Waals surface area contributed by atoms with Gasteiger partial charge in [0.1, 0.15) is 0 Å². The van der Waals surface area contributed by atoms with Crippen molar-refractivity contribution in [2.45, 2.75) is 26.5 Å². The first-order chi connectivity index (χ1) is 13.9. The van der Waals surface area contributed by atoms with E-state index < -0.39 is 18.0 Å². The number of nitrogens with two attached hydrogens (primary N) is 1. The zero-order valence-corrected chi connectivity index (χ0v) is 16.4. The summed E-state index contributed by atoms with van der Waals surface area (Å²) < 4.78 is 6.80. The molecule has 29 heavy (non-hydrogen) atoms. The molecule has 0 unspecified atom stereocenters. The molecule has 3 rings (SSSR count). The number of esters is 1. The summed E-state index contributed by atoms with van der Waals surface area (Å²) in [5.74, 6) is -1.33. The summed E-state index contributed by atoms with van der Waals surface area (Å²) in [5, 5.41) is 4.71. The third kappa shape index (κ3) is 5.42. The maximum atomic E-state index is 12.0. The minimum absolute atomic E-state index is 0.608. The zero-order valence-electron chi connectivity index (χ0n) is 16.4. The van der Waals surface area contributed by atoms with E-state index in [1.54, 1.807) is 6.08 Å². The van der Waals surface area contributed by atoms with Crippen molar-refractivity contribution in [3.63, 3.8) is 0 Å². The highest BCUT2D eigenvalue weighted by Crippen LogP contribution is 2.24. The van der Waals surface area contributed by atoms with Crippen molar-refractivity contribution >= 4 is 18.0 Å². The Morgan fingerprint density at radius 2 is 1.83 bits per heavy atom. The summed E-state index contributed by atoms with van der Waals surface area (Å²) in [4.78, 5) is 23.0. The fraction of sp³-hybridized carbons (Fsp3) is 0.174. The van der Waals surface area contributed by atoms with Gasteiger partial charge in [-0.1, -0.05) is 60.2 Å². The number of hydrogen-bond donors (Lipinski definition) is 1. The number of benzene rings is 2. The molecule has 6 nitrogen and oxygen atoms in total. The first-order valence-corrected chi connectivity index (χ1v) is 9.29. The van der Waals surface area contributed by atoms with Crippen LogP contribution in [0.3, 0.4) is 0 Å². The number of ether oxygens (including phenoxy) is 1. The first-order valence-electron chi connectivity index (χ1n) is 9.29. The second kappa shape index (κ2) is 9.01. The van der Waals surface area contributed by atoms with Crippen molar-refractivity contribution < 1.29 is 14.3 Å². The van der Waals surface area contributed by atoms with Crippen molar-refractivity contribution in [2.75, 3.05) is 0 Å². The lowest BCUT2D eigenvalue weighted by Crippen LogP contribution is -2.29. The van der Waals surface area contributed by atoms with E-state index in [-0.39, 0.29) is 0 Å². The highest BCUT2D eigenvalue weighted by atomic mass is 16.5. The lowest BCUT2D eigenvalue weighted by molar-refractivity contribution is -0.148. The number of rotatable bonds is 7. The Bertz CT molecular complexity index is 1020. The number of amides is 1. The van der Waals surface area contributed by atoms with Crippen LogP contribution in [0.25, 0.3) is 17.3 Å². The van der Waals surface area contributed by atoms with Crippen LogP contribution in [0.1, 0.15) is 23.6 Å². The molecule has 2 aromatic carbocycles. The summed E-state index contributed by atoms with van der Waals surface area (Å²) in [5.41, 5.74) is 9.87. The van der Waals surface area contributed by atoms with Crippen molar-refractivity contribution in [1.29, 1.82) is 0 Å². The molecule has 0 aliphatic rings. The molecule has 3 aromatic rings. The van der Waals surface area contributed by atoms with E-state index >= 15 is 0 Å². The van der Waals surface area contributed by atoms with Gasteiger partial charge in [0.05, 0.1) is 12.2 Å². The predicted molar refractivity (Wildman–Crippen MR) is 112 cm³/mol. The molecule has 0 aliphatic heterocycles. The second-order valence-electron chi connectivity index (χ2n) is 6.80. The average Bonchev–Trinajstić information content (AvgIpc) is 3.10. The summed E-state index contributed by atoms with van der Waals surface area (Å²) in [7, 11) is 0. The van der Waals surface area contributed by atoms with E-state index in [2.05, 4.69) is 0 Å². The Hall–Kier alpha value is -3.67. The van der Waals surface area contributed by atoms with Gasteiger partial charge in [-0.15, -0.1) is 0 Å². The van der Waals surface area contributed by atoms with Crippen LogP contribution in [0, 0.1) is 6.92 Å². The minimum Gasteiger partial charge on any atom is -0.449 e. The van der Waals surface area contributed by atoms with Gasteiger partial charge in [0.25, 0.3) is 5.91 Å². The van der Waals surface area contributed by atoms with Crippen LogP contribution in [0.5, 0.6) is 0 Å². The van der Waals surface area contributed by atoms with Crippen LogP contribution in [0.2, 0.25) is 0 Å². The Morgan fingerprint density at radius 1 is 1.14 bits per heavy atom. The number of hydrogen-bond acceptors (Lipinski definition) is 4. The van der Waals surface area contributed by atoms with Gasteiger partial charge in [0.15, 0.2) is 6.10 Å². The van der Waals surface area contributed by atoms with Crippen LogP contribution >= 0.6 is 0 Å². The zero-order chi connectivity index (χ0) is 20.8. The quantitative estimate of drug-likeness (QED) is 0.496. The molecular formula is C23H23N3O3. The standard InChI is InChI=1S/C23H23N3O3/c1-16-8-10-19(11-9-16)22-20(12-13-21(27)29-17(2)23(24)28)15-26(25-22)14-18-6-4-3-5-7-18/h3-13,15,17H,14H2,1-2H3,(H2,24,28)/b13-12+/t17-/m0/s1. The van der Waals surface area contributed by atoms with E-state index in [0.29, 0.717) is 6.54 Å². The molecule has 0 saturated carbocycles. The number of aryl methyl sites for hydroxylation is 1. The lowest BCUT2D eigenvalue weighted by Gasteiger charge is -2.06. The fourth-order valence-corrected chi connectivity index (χ4v) is 2.78. The number of carbonyl (C=O) groups excluding carboxylic acids is 2.